The molecule has 2 rings (SSSR count). The Balaban J connectivity index is 2.33. The third-order valence-corrected chi connectivity index (χ3v) is 2.68. The molecule has 0 atom stereocenters. The van der Waals surface area contributed by atoms with Crippen LogP contribution in [0.1, 0.15) is 5.56 Å². The van der Waals surface area contributed by atoms with Crippen LogP contribution in [0.4, 0.5) is 5.69 Å². The highest BCUT2D eigenvalue weighted by atomic mass is 35.5. The van der Waals surface area contributed by atoms with Gasteiger partial charge in [-0.15, -0.1) is 0 Å². The van der Waals surface area contributed by atoms with Crippen LogP contribution >= 0.6 is 23.2 Å². The van der Waals surface area contributed by atoms with Gasteiger partial charge < -0.3 is 10.2 Å². The summed E-state index contributed by atoms with van der Waals surface area (Å²) in [4.78, 5) is 4.14. The van der Waals surface area contributed by atoms with E-state index in [2.05, 4.69) is 4.99 Å². The topological polar surface area (TPSA) is 52.8 Å². The Bertz CT molecular complexity index is 592. The normalized spacial score (nSPS) is 11.0. The second-order valence-corrected chi connectivity index (χ2v) is 4.47. The first kappa shape index (κ1) is 12.7. The molecular weight excluding hydrogens is 273 g/mol. The zero-order chi connectivity index (χ0) is 13.1. The van der Waals surface area contributed by atoms with Gasteiger partial charge in [-0.1, -0.05) is 29.3 Å². The number of phenolic OH excluding ortho intramolecular Hbond substituents is 2. The van der Waals surface area contributed by atoms with Crippen molar-refractivity contribution in [3.05, 3.63) is 52.0 Å². The minimum Gasteiger partial charge on any atom is -0.504 e. The molecule has 0 unspecified atom stereocenters. The van der Waals surface area contributed by atoms with Crippen molar-refractivity contribution in [2.24, 2.45) is 4.99 Å². The SMILES string of the molecule is Oc1cccc(C=Nc2cc(Cl)cc(Cl)c2)c1O. The molecule has 2 aromatic carbocycles. The smallest absolute Gasteiger partial charge is 0.166 e. The van der Waals surface area contributed by atoms with Crippen molar-refractivity contribution < 1.29 is 10.2 Å². The molecule has 0 amide bonds. The molecule has 0 bridgehead atoms. The average Bonchev–Trinajstić information content (AvgIpc) is 2.30. The van der Waals surface area contributed by atoms with Crippen LogP contribution in [0.15, 0.2) is 41.4 Å². The fourth-order valence-corrected chi connectivity index (χ4v) is 1.93. The lowest BCUT2D eigenvalue weighted by Gasteiger charge is -2.01. The van der Waals surface area contributed by atoms with Crippen LogP contribution in [-0.4, -0.2) is 16.4 Å². The highest BCUT2D eigenvalue weighted by molar-refractivity contribution is 6.35. The van der Waals surface area contributed by atoms with Crippen molar-refractivity contribution in [3.63, 3.8) is 0 Å². The lowest BCUT2D eigenvalue weighted by molar-refractivity contribution is 0.403. The molecule has 0 heterocycles. The second-order valence-electron chi connectivity index (χ2n) is 3.60. The Kier molecular flexibility index (Phi) is 3.75. The number of phenols is 2. The largest absolute Gasteiger partial charge is 0.504 e. The maximum atomic E-state index is 9.59. The fraction of sp³-hybridized carbons (Fsp3) is 0. The summed E-state index contributed by atoms with van der Waals surface area (Å²) < 4.78 is 0. The molecule has 3 nitrogen and oxygen atoms in total. The molecule has 0 aliphatic carbocycles. The van der Waals surface area contributed by atoms with E-state index >= 15 is 0 Å². The van der Waals surface area contributed by atoms with E-state index in [-0.39, 0.29) is 11.5 Å². The molecule has 0 saturated carbocycles. The van der Waals surface area contributed by atoms with Crippen LogP contribution in [0.3, 0.4) is 0 Å². The van der Waals surface area contributed by atoms with Crippen molar-refractivity contribution in [1.82, 2.24) is 0 Å². The summed E-state index contributed by atoms with van der Waals surface area (Å²) in [7, 11) is 0. The van der Waals surface area contributed by atoms with Crippen molar-refractivity contribution in [1.29, 1.82) is 0 Å². The van der Waals surface area contributed by atoms with Crippen LogP contribution in [0, 0.1) is 0 Å². The lowest BCUT2D eigenvalue weighted by atomic mass is 10.2. The van der Waals surface area contributed by atoms with Crippen LogP contribution in [0.2, 0.25) is 10.0 Å². The molecule has 0 saturated heterocycles. The first-order chi connectivity index (χ1) is 8.56. The minimum absolute atomic E-state index is 0.192. The van der Waals surface area contributed by atoms with E-state index in [9.17, 15) is 10.2 Å². The Morgan fingerprint density at radius 2 is 1.67 bits per heavy atom. The maximum Gasteiger partial charge on any atom is 0.166 e. The fourth-order valence-electron chi connectivity index (χ4n) is 1.41. The van der Waals surface area contributed by atoms with Gasteiger partial charge in [-0.2, -0.15) is 0 Å². The van der Waals surface area contributed by atoms with E-state index in [4.69, 9.17) is 23.2 Å². The standard InChI is InChI=1S/C13H9Cl2NO2/c14-9-4-10(15)6-11(5-9)16-7-8-2-1-3-12(17)13(8)18/h1-7,17-18H. The van der Waals surface area contributed by atoms with Gasteiger partial charge in [-0.05, 0) is 30.3 Å². The van der Waals surface area contributed by atoms with Gasteiger partial charge in [0.05, 0.1) is 5.69 Å². The molecule has 0 aromatic heterocycles. The summed E-state index contributed by atoms with van der Waals surface area (Å²) in [6, 6.07) is 9.52. The van der Waals surface area contributed by atoms with Gasteiger partial charge >= 0.3 is 0 Å². The lowest BCUT2D eigenvalue weighted by Crippen LogP contribution is -1.82. The van der Waals surface area contributed by atoms with Crippen LogP contribution in [-0.2, 0) is 0 Å². The van der Waals surface area contributed by atoms with E-state index in [1.54, 1.807) is 30.3 Å². The summed E-state index contributed by atoms with van der Waals surface area (Å²) in [5.74, 6) is -0.405. The summed E-state index contributed by atoms with van der Waals surface area (Å²) >= 11 is 11.7. The number of hydrogen-bond donors (Lipinski definition) is 2. The minimum atomic E-state index is -0.214. The molecule has 5 heteroatoms. The first-order valence-electron chi connectivity index (χ1n) is 5.07. The number of hydrogen-bond acceptors (Lipinski definition) is 3. The summed E-state index contributed by atoms with van der Waals surface area (Å²) in [5, 5.41) is 19.9. The van der Waals surface area contributed by atoms with Crippen LogP contribution < -0.4 is 0 Å². The van der Waals surface area contributed by atoms with Gasteiger partial charge in [0.2, 0.25) is 0 Å². The van der Waals surface area contributed by atoms with E-state index < -0.39 is 0 Å². The van der Waals surface area contributed by atoms with Gasteiger partial charge in [-0.25, -0.2) is 0 Å². The van der Waals surface area contributed by atoms with Crippen LogP contribution in [0.5, 0.6) is 11.5 Å². The van der Waals surface area contributed by atoms with Gasteiger partial charge in [0.1, 0.15) is 0 Å². The summed E-state index contributed by atoms with van der Waals surface area (Å²) in [6.07, 6.45) is 1.43. The second kappa shape index (κ2) is 5.29. The first-order valence-corrected chi connectivity index (χ1v) is 5.83. The van der Waals surface area contributed by atoms with Crippen molar-refractivity contribution >= 4 is 35.1 Å². The number of halogens is 2. The monoisotopic (exact) mass is 281 g/mol. The summed E-state index contributed by atoms with van der Waals surface area (Å²) in [6.45, 7) is 0. The van der Waals surface area contributed by atoms with Gasteiger partial charge in [0.25, 0.3) is 0 Å². The van der Waals surface area contributed by atoms with E-state index in [1.165, 1.54) is 12.3 Å². The Morgan fingerprint density at radius 3 is 2.33 bits per heavy atom. The Hall–Kier alpha value is -1.71. The molecule has 92 valence electrons. The molecule has 0 radical (unpaired) electrons. The highest BCUT2D eigenvalue weighted by Gasteiger charge is 2.03. The Labute approximate surface area is 114 Å². The van der Waals surface area contributed by atoms with E-state index in [1.807, 2.05) is 0 Å². The Morgan fingerprint density at radius 1 is 1.00 bits per heavy atom. The van der Waals surface area contributed by atoms with Crippen molar-refractivity contribution in [2.45, 2.75) is 0 Å². The molecule has 0 aliphatic rings. The number of aromatic hydroxyl groups is 2. The zero-order valence-corrected chi connectivity index (χ0v) is 10.7. The molecule has 18 heavy (non-hydrogen) atoms. The molecule has 2 N–H and O–H groups in total. The van der Waals surface area contributed by atoms with Gasteiger partial charge in [-0.3, -0.25) is 4.99 Å². The molecule has 0 aliphatic heterocycles. The number of para-hydroxylation sites is 1. The molecule has 2 aromatic rings. The average molecular weight is 282 g/mol. The summed E-state index contributed by atoms with van der Waals surface area (Å²) in [5.41, 5.74) is 0.973. The van der Waals surface area contributed by atoms with Crippen molar-refractivity contribution in [3.8, 4) is 11.5 Å². The van der Waals surface area contributed by atoms with E-state index in [0.717, 1.165) is 0 Å². The van der Waals surface area contributed by atoms with Gasteiger partial charge in [0.15, 0.2) is 11.5 Å². The van der Waals surface area contributed by atoms with E-state index in [0.29, 0.717) is 21.3 Å². The molecule has 0 spiro atoms. The third-order valence-electron chi connectivity index (χ3n) is 2.25. The number of nitrogens with zero attached hydrogens (tertiary/aromatic N) is 1. The van der Waals surface area contributed by atoms with Crippen LogP contribution in [0.25, 0.3) is 0 Å². The highest BCUT2D eigenvalue weighted by Crippen LogP contribution is 2.28. The zero-order valence-electron chi connectivity index (χ0n) is 9.14. The predicted octanol–water partition coefficient (Wildman–Crippen LogP) is 4.16. The molecule has 0 fully saturated rings. The molecular formula is C13H9Cl2NO2. The number of benzene rings is 2. The number of aliphatic imine (C=N–C) groups is 1. The predicted molar refractivity (Wildman–Crippen MR) is 73.5 cm³/mol. The van der Waals surface area contributed by atoms with Gasteiger partial charge in [0, 0.05) is 21.8 Å². The maximum absolute atomic E-state index is 9.59. The quantitative estimate of drug-likeness (QED) is 0.642. The third kappa shape index (κ3) is 2.94. The number of rotatable bonds is 2. The van der Waals surface area contributed by atoms with Crippen molar-refractivity contribution in [2.75, 3.05) is 0 Å².